The van der Waals surface area contributed by atoms with Crippen molar-refractivity contribution in [1.29, 1.82) is 0 Å². The highest BCUT2D eigenvalue weighted by Crippen LogP contribution is 2.27. The van der Waals surface area contributed by atoms with Crippen molar-refractivity contribution < 1.29 is 19.0 Å². The molecule has 2 aromatic carbocycles. The van der Waals surface area contributed by atoms with Crippen LogP contribution in [-0.4, -0.2) is 32.8 Å². The van der Waals surface area contributed by atoms with Crippen molar-refractivity contribution in [3.8, 4) is 17.2 Å². The number of methoxy groups -OCH3 is 2. The molecule has 1 atom stereocenters. The topological polar surface area (TPSA) is 56.8 Å². The van der Waals surface area contributed by atoms with E-state index in [4.69, 9.17) is 14.2 Å². The number of amides is 1. The molecule has 0 aromatic heterocycles. The second-order valence-electron chi connectivity index (χ2n) is 6.67. The molecule has 0 radical (unpaired) electrons. The predicted molar refractivity (Wildman–Crippen MR) is 107 cm³/mol. The number of aryl methyl sites for hydroxylation is 3. The Bertz CT molecular complexity index is 753. The van der Waals surface area contributed by atoms with Crippen LogP contribution in [0.4, 0.5) is 0 Å². The van der Waals surface area contributed by atoms with Crippen molar-refractivity contribution in [3.63, 3.8) is 0 Å². The number of nitrogens with one attached hydrogen (secondary N) is 1. The molecule has 0 aliphatic heterocycles. The maximum absolute atomic E-state index is 12.2. The molecule has 2 aromatic rings. The van der Waals surface area contributed by atoms with Crippen LogP contribution in [-0.2, 0) is 11.2 Å². The molecule has 0 bridgehead atoms. The average molecular weight is 371 g/mol. The first-order chi connectivity index (χ1) is 12.9. The lowest BCUT2D eigenvalue weighted by Gasteiger charge is -2.16. The largest absolute Gasteiger partial charge is 0.493 e. The second kappa shape index (κ2) is 9.86. The van der Waals surface area contributed by atoms with Crippen molar-refractivity contribution in [2.24, 2.45) is 0 Å². The first kappa shape index (κ1) is 20.6. The zero-order valence-corrected chi connectivity index (χ0v) is 16.8. The van der Waals surface area contributed by atoms with Crippen LogP contribution in [0.5, 0.6) is 17.2 Å². The van der Waals surface area contributed by atoms with Crippen molar-refractivity contribution in [3.05, 3.63) is 53.1 Å². The molecule has 1 N–H and O–H groups in total. The predicted octanol–water partition coefficient (Wildman–Crippen LogP) is 3.84. The van der Waals surface area contributed by atoms with E-state index in [-0.39, 0.29) is 5.91 Å². The summed E-state index contributed by atoms with van der Waals surface area (Å²) in [6, 6.07) is 11.8. The minimum atomic E-state index is -0.535. The minimum absolute atomic E-state index is 0.110. The molecule has 0 aliphatic rings. The third kappa shape index (κ3) is 6.20. The smallest absolute Gasteiger partial charge is 0.260 e. The summed E-state index contributed by atoms with van der Waals surface area (Å²) in [6.07, 6.45) is 1.14. The van der Waals surface area contributed by atoms with E-state index in [1.807, 2.05) is 44.2 Å². The SMILES string of the molecule is COc1ccc(CCCNC(=O)[C@@H](C)Oc2cc(C)cc(C)c2)cc1OC. The number of ether oxygens (including phenoxy) is 3. The fraction of sp³-hybridized carbons (Fsp3) is 0.409. The van der Waals surface area contributed by atoms with Gasteiger partial charge >= 0.3 is 0 Å². The molecule has 1 amide bonds. The van der Waals surface area contributed by atoms with Gasteiger partial charge in [0.05, 0.1) is 14.2 Å². The van der Waals surface area contributed by atoms with Gasteiger partial charge < -0.3 is 19.5 Å². The summed E-state index contributed by atoms with van der Waals surface area (Å²) >= 11 is 0. The Kier molecular flexibility index (Phi) is 7.53. The number of hydrogen-bond acceptors (Lipinski definition) is 4. The van der Waals surface area contributed by atoms with Gasteiger partial charge in [-0.15, -0.1) is 0 Å². The molecule has 2 rings (SSSR count). The van der Waals surface area contributed by atoms with Crippen molar-refractivity contribution in [2.45, 2.75) is 39.7 Å². The molecular weight excluding hydrogens is 342 g/mol. The van der Waals surface area contributed by atoms with Crippen LogP contribution in [0.25, 0.3) is 0 Å². The monoisotopic (exact) mass is 371 g/mol. The molecule has 5 nitrogen and oxygen atoms in total. The maximum atomic E-state index is 12.2. The Balaban J connectivity index is 1.78. The zero-order chi connectivity index (χ0) is 19.8. The summed E-state index contributed by atoms with van der Waals surface area (Å²) in [5.41, 5.74) is 3.38. The molecule has 0 unspecified atom stereocenters. The summed E-state index contributed by atoms with van der Waals surface area (Å²) < 4.78 is 16.3. The van der Waals surface area contributed by atoms with Crippen LogP contribution >= 0.6 is 0 Å². The molecule has 0 fully saturated rings. The molecule has 0 heterocycles. The van der Waals surface area contributed by atoms with Gasteiger partial charge in [0, 0.05) is 6.54 Å². The summed E-state index contributed by atoms with van der Waals surface area (Å²) in [5.74, 6) is 2.04. The zero-order valence-electron chi connectivity index (χ0n) is 16.8. The Hall–Kier alpha value is -2.69. The number of carbonyl (C=O) groups is 1. The van der Waals surface area contributed by atoms with Gasteiger partial charge in [-0.2, -0.15) is 0 Å². The third-order valence-corrected chi connectivity index (χ3v) is 4.27. The Morgan fingerprint density at radius 2 is 1.67 bits per heavy atom. The van der Waals surface area contributed by atoms with Gasteiger partial charge in [-0.25, -0.2) is 0 Å². The molecule has 0 aliphatic carbocycles. The van der Waals surface area contributed by atoms with E-state index < -0.39 is 6.10 Å². The minimum Gasteiger partial charge on any atom is -0.493 e. The normalized spacial score (nSPS) is 11.6. The highest BCUT2D eigenvalue weighted by Gasteiger charge is 2.14. The van der Waals surface area contributed by atoms with Crippen LogP contribution in [0.15, 0.2) is 36.4 Å². The molecule has 146 valence electrons. The van der Waals surface area contributed by atoms with Crippen molar-refractivity contribution >= 4 is 5.91 Å². The maximum Gasteiger partial charge on any atom is 0.260 e. The molecule has 0 spiro atoms. The Labute approximate surface area is 161 Å². The summed E-state index contributed by atoms with van der Waals surface area (Å²) in [5, 5.41) is 2.93. The van der Waals surface area contributed by atoms with E-state index in [0.29, 0.717) is 12.3 Å². The number of rotatable bonds is 9. The number of carbonyl (C=O) groups excluding carboxylic acids is 1. The van der Waals surface area contributed by atoms with Gasteiger partial charge in [0.15, 0.2) is 17.6 Å². The second-order valence-corrected chi connectivity index (χ2v) is 6.67. The first-order valence-electron chi connectivity index (χ1n) is 9.16. The van der Waals surface area contributed by atoms with Crippen LogP contribution in [0.2, 0.25) is 0 Å². The van der Waals surface area contributed by atoms with E-state index in [1.54, 1.807) is 21.1 Å². The lowest BCUT2D eigenvalue weighted by Crippen LogP contribution is -2.37. The van der Waals surface area contributed by atoms with E-state index in [2.05, 4.69) is 11.4 Å². The lowest BCUT2D eigenvalue weighted by molar-refractivity contribution is -0.127. The van der Waals surface area contributed by atoms with E-state index in [9.17, 15) is 4.79 Å². The van der Waals surface area contributed by atoms with E-state index in [0.717, 1.165) is 41.0 Å². The average Bonchev–Trinajstić information content (AvgIpc) is 2.63. The number of benzene rings is 2. The van der Waals surface area contributed by atoms with Crippen molar-refractivity contribution in [1.82, 2.24) is 5.32 Å². The van der Waals surface area contributed by atoms with Crippen LogP contribution < -0.4 is 19.5 Å². The molecule has 0 saturated heterocycles. The lowest BCUT2D eigenvalue weighted by atomic mass is 10.1. The fourth-order valence-electron chi connectivity index (χ4n) is 2.94. The first-order valence-corrected chi connectivity index (χ1v) is 9.16. The third-order valence-electron chi connectivity index (χ3n) is 4.27. The van der Waals surface area contributed by atoms with Crippen LogP contribution in [0.1, 0.15) is 30.0 Å². The van der Waals surface area contributed by atoms with Crippen LogP contribution in [0.3, 0.4) is 0 Å². The van der Waals surface area contributed by atoms with Gasteiger partial charge in [0.25, 0.3) is 5.91 Å². The molecule has 27 heavy (non-hydrogen) atoms. The van der Waals surface area contributed by atoms with Gasteiger partial charge in [0.2, 0.25) is 0 Å². The summed E-state index contributed by atoms with van der Waals surface area (Å²) in [7, 11) is 3.24. The summed E-state index contributed by atoms with van der Waals surface area (Å²) in [4.78, 5) is 12.2. The fourth-order valence-corrected chi connectivity index (χ4v) is 2.94. The molecule has 5 heteroatoms. The summed E-state index contributed by atoms with van der Waals surface area (Å²) in [6.45, 7) is 6.38. The molecular formula is C22H29NO4. The highest BCUT2D eigenvalue weighted by atomic mass is 16.5. The standard InChI is InChI=1S/C22H29NO4/c1-15-11-16(2)13-19(12-15)27-17(3)22(24)23-10-6-7-18-8-9-20(25-4)21(14-18)26-5/h8-9,11-14,17H,6-7,10H2,1-5H3,(H,23,24)/t17-/m1/s1. The number of hydrogen-bond donors (Lipinski definition) is 1. The van der Waals surface area contributed by atoms with E-state index in [1.165, 1.54) is 0 Å². The Morgan fingerprint density at radius 3 is 2.30 bits per heavy atom. The van der Waals surface area contributed by atoms with Crippen LogP contribution in [0, 0.1) is 13.8 Å². The quantitative estimate of drug-likeness (QED) is 0.681. The van der Waals surface area contributed by atoms with Gasteiger partial charge in [0.1, 0.15) is 5.75 Å². The Morgan fingerprint density at radius 1 is 1.00 bits per heavy atom. The van der Waals surface area contributed by atoms with Crippen molar-refractivity contribution in [2.75, 3.05) is 20.8 Å². The van der Waals surface area contributed by atoms with E-state index >= 15 is 0 Å². The van der Waals surface area contributed by atoms with Gasteiger partial charge in [-0.1, -0.05) is 12.1 Å². The molecule has 0 saturated carbocycles. The van der Waals surface area contributed by atoms with Gasteiger partial charge in [-0.3, -0.25) is 4.79 Å². The van der Waals surface area contributed by atoms with Gasteiger partial charge in [-0.05, 0) is 74.6 Å². The highest BCUT2D eigenvalue weighted by molar-refractivity contribution is 5.80.